The summed E-state index contributed by atoms with van der Waals surface area (Å²) >= 11 is 59.4. The summed E-state index contributed by atoms with van der Waals surface area (Å²) in [6.45, 7) is 0. The van der Waals surface area contributed by atoms with E-state index >= 15 is 0 Å². The van der Waals surface area contributed by atoms with Crippen LogP contribution in [0.2, 0.25) is 50.2 Å². The lowest BCUT2D eigenvalue weighted by molar-refractivity contribution is 0.382. The molecule has 2 rings (SSSR count). The van der Waals surface area contributed by atoms with E-state index in [1.165, 1.54) is 0 Å². The zero-order valence-corrected chi connectivity index (χ0v) is 19.9. The Morgan fingerprint density at radius 2 is 0.615 bits per heavy atom. The number of halogens is 10. The van der Waals surface area contributed by atoms with E-state index in [0.29, 0.717) is 0 Å². The molecular weight excluding hydrogens is 578 g/mol. The Bertz CT molecular complexity index is 761. The second-order valence-electron chi connectivity index (χ2n) is 4.22. The summed E-state index contributed by atoms with van der Waals surface area (Å²) in [5.41, 5.74) is 0. The molecule has 0 heterocycles. The van der Waals surface area contributed by atoms with Gasteiger partial charge in [0.15, 0.2) is 11.5 Å². The SMILES string of the molecule is OP(Oc1c(Cl)c(Cl)c(Cl)c(Cl)c1Cl)Oc1c(Cl)c(Cl)c(Cl)c(Cl)c1Cl. The Balaban J connectivity index is 2.39. The van der Waals surface area contributed by atoms with E-state index in [2.05, 4.69) is 0 Å². The molecule has 14 heteroatoms. The van der Waals surface area contributed by atoms with Crippen molar-refractivity contribution in [2.75, 3.05) is 0 Å². The molecule has 0 aliphatic heterocycles. The Morgan fingerprint density at radius 3 is 0.846 bits per heavy atom. The van der Waals surface area contributed by atoms with Crippen molar-refractivity contribution in [3.8, 4) is 11.5 Å². The second-order valence-corrected chi connectivity index (χ2v) is 8.84. The molecular formula is C12HCl10O3P. The van der Waals surface area contributed by atoms with Crippen LogP contribution in [0.25, 0.3) is 0 Å². The van der Waals surface area contributed by atoms with Crippen LogP contribution in [-0.4, -0.2) is 4.89 Å². The van der Waals surface area contributed by atoms with E-state index in [1.807, 2.05) is 0 Å². The van der Waals surface area contributed by atoms with Gasteiger partial charge in [0.2, 0.25) is 0 Å². The highest BCUT2D eigenvalue weighted by Crippen LogP contribution is 2.54. The largest absolute Gasteiger partial charge is 0.460 e. The van der Waals surface area contributed by atoms with Crippen molar-refractivity contribution in [1.82, 2.24) is 0 Å². The first-order valence-corrected chi connectivity index (χ1v) is 10.8. The molecule has 0 aromatic heterocycles. The zero-order valence-electron chi connectivity index (χ0n) is 11.5. The van der Waals surface area contributed by atoms with Crippen LogP contribution in [0.5, 0.6) is 11.5 Å². The van der Waals surface area contributed by atoms with Crippen LogP contribution >= 0.6 is 125 Å². The smallest absolute Gasteiger partial charge is 0.415 e. The predicted molar refractivity (Wildman–Crippen MR) is 113 cm³/mol. The van der Waals surface area contributed by atoms with Gasteiger partial charge in [-0.05, 0) is 0 Å². The summed E-state index contributed by atoms with van der Waals surface area (Å²) in [6.07, 6.45) is 0. The fraction of sp³-hybridized carbons (Fsp3) is 0. The van der Waals surface area contributed by atoms with Crippen molar-refractivity contribution >= 4 is 125 Å². The van der Waals surface area contributed by atoms with Gasteiger partial charge in [-0.3, -0.25) is 0 Å². The minimum Gasteiger partial charge on any atom is -0.415 e. The third kappa shape index (κ3) is 4.56. The van der Waals surface area contributed by atoms with Gasteiger partial charge >= 0.3 is 8.60 Å². The standard InChI is InChI=1S/C12HCl10O3P/c13-1-3(15)7(19)11(8(20)4(1)16)24-26(23)25-12-9(21)5(17)2(14)6(18)10(12)22/h23H. The molecule has 2 aromatic carbocycles. The topological polar surface area (TPSA) is 38.7 Å². The van der Waals surface area contributed by atoms with Crippen molar-refractivity contribution in [3.63, 3.8) is 0 Å². The number of hydrogen-bond acceptors (Lipinski definition) is 3. The van der Waals surface area contributed by atoms with Gasteiger partial charge in [0, 0.05) is 0 Å². The van der Waals surface area contributed by atoms with Crippen molar-refractivity contribution < 1.29 is 13.9 Å². The summed E-state index contributed by atoms with van der Waals surface area (Å²) in [7, 11) is -2.73. The molecule has 0 saturated heterocycles. The molecule has 0 bridgehead atoms. The summed E-state index contributed by atoms with van der Waals surface area (Å²) in [5, 5.41) is -1.46. The maximum absolute atomic E-state index is 10.1. The van der Waals surface area contributed by atoms with Gasteiger partial charge in [0.1, 0.15) is 20.1 Å². The van der Waals surface area contributed by atoms with Crippen molar-refractivity contribution in [2.24, 2.45) is 0 Å². The summed E-state index contributed by atoms with van der Waals surface area (Å²) in [6, 6.07) is 0. The van der Waals surface area contributed by atoms with E-state index in [0.717, 1.165) is 0 Å². The number of hydrogen-bond donors (Lipinski definition) is 1. The average Bonchev–Trinajstić information content (AvgIpc) is 2.62. The molecule has 0 amide bonds. The van der Waals surface area contributed by atoms with Crippen LogP contribution in [0.1, 0.15) is 0 Å². The molecule has 0 radical (unpaired) electrons. The highest BCUT2D eigenvalue weighted by Gasteiger charge is 2.27. The van der Waals surface area contributed by atoms with E-state index in [1.54, 1.807) is 0 Å². The molecule has 142 valence electrons. The quantitative estimate of drug-likeness (QED) is 0.223. The molecule has 0 spiro atoms. The molecule has 1 N–H and O–H groups in total. The first-order valence-electron chi connectivity index (χ1n) is 5.86. The highest BCUT2D eigenvalue weighted by molar-refractivity contribution is 7.41. The minimum atomic E-state index is -2.73. The van der Waals surface area contributed by atoms with Gasteiger partial charge in [-0.2, -0.15) is 0 Å². The van der Waals surface area contributed by atoms with Gasteiger partial charge in [-0.15, -0.1) is 0 Å². The molecule has 3 nitrogen and oxygen atoms in total. The van der Waals surface area contributed by atoms with E-state index in [4.69, 9.17) is 125 Å². The van der Waals surface area contributed by atoms with Crippen LogP contribution in [0.3, 0.4) is 0 Å². The monoisotopic (exact) mass is 574 g/mol. The van der Waals surface area contributed by atoms with Gasteiger partial charge < -0.3 is 13.9 Å². The Morgan fingerprint density at radius 1 is 0.423 bits per heavy atom. The van der Waals surface area contributed by atoms with Crippen LogP contribution < -0.4 is 9.05 Å². The summed E-state index contributed by atoms with van der Waals surface area (Å²) in [5.74, 6) is -0.528. The number of rotatable bonds is 4. The molecule has 26 heavy (non-hydrogen) atoms. The Labute approximate surface area is 198 Å². The van der Waals surface area contributed by atoms with Crippen LogP contribution in [0.15, 0.2) is 0 Å². The molecule has 0 unspecified atom stereocenters. The summed E-state index contributed by atoms with van der Waals surface area (Å²) < 4.78 is 10.4. The van der Waals surface area contributed by atoms with Crippen molar-refractivity contribution in [1.29, 1.82) is 0 Å². The second kappa shape index (κ2) is 9.43. The molecule has 0 atom stereocenters. The van der Waals surface area contributed by atoms with Gasteiger partial charge in [0.25, 0.3) is 0 Å². The third-order valence-electron chi connectivity index (χ3n) is 2.68. The highest BCUT2D eigenvalue weighted by atomic mass is 35.5. The molecule has 0 fully saturated rings. The zero-order chi connectivity index (χ0) is 19.9. The predicted octanol–water partition coefficient (Wildman–Crippen LogP) is 9.90. The lowest BCUT2D eigenvalue weighted by atomic mass is 10.3. The maximum atomic E-state index is 10.1. The van der Waals surface area contributed by atoms with Crippen LogP contribution in [0, 0.1) is 0 Å². The fourth-order valence-electron chi connectivity index (χ4n) is 1.50. The van der Waals surface area contributed by atoms with E-state index < -0.39 is 8.60 Å². The van der Waals surface area contributed by atoms with Gasteiger partial charge in [-0.1, -0.05) is 116 Å². The van der Waals surface area contributed by atoms with Crippen LogP contribution in [0.4, 0.5) is 0 Å². The first-order chi connectivity index (χ1) is 12.0. The Hall–Kier alpha value is 1.33. The number of benzene rings is 2. The normalized spacial score (nSPS) is 11.2. The van der Waals surface area contributed by atoms with Gasteiger partial charge in [0.05, 0.1) is 30.1 Å². The lowest BCUT2D eigenvalue weighted by Gasteiger charge is -2.18. The fourth-order valence-corrected chi connectivity index (χ4v) is 4.83. The first kappa shape index (κ1) is 23.6. The Kier molecular flexibility index (Phi) is 8.56. The minimum absolute atomic E-state index is 0.0822. The molecule has 0 aliphatic carbocycles. The molecule has 2 aromatic rings. The molecule has 0 saturated carbocycles. The summed E-state index contributed by atoms with van der Waals surface area (Å²) in [4.78, 5) is 10.1. The lowest BCUT2D eigenvalue weighted by Crippen LogP contribution is -1.98. The average molecular weight is 579 g/mol. The van der Waals surface area contributed by atoms with Gasteiger partial charge in [-0.25, -0.2) is 0 Å². The van der Waals surface area contributed by atoms with Crippen molar-refractivity contribution in [3.05, 3.63) is 50.2 Å². The van der Waals surface area contributed by atoms with Crippen molar-refractivity contribution in [2.45, 2.75) is 0 Å². The third-order valence-corrected chi connectivity index (χ3v) is 7.84. The molecule has 0 aliphatic rings. The maximum Gasteiger partial charge on any atom is 0.460 e. The van der Waals surface area contributed by atoms with Crippen LogP contribution in [-0.2, 0) is 0 Å². The van der Waals surface area contributed by atoms with E-state index in [-0.39, 0.29) is 61.7 Å². The van der Waals surface area contributed by atoms with E-state index in [9.17, 15) is 4.89 Å².